The zero-order chi connectivity index (χ0) is 20.9. The van der Waals surface area contributed by atoms with Crippen LogP contribution in [0.15, 0.2) is 41.3 Å². The molecule has 150 valence electrons. The number of nitrogens with one attached hydrogen (secondary N) is 1. The quantitative estimate of drug-likeness (QED) is 0.350. The van der Waals surface area contributed by atoms with E-state index >= 15 is 0 Å². The van der Waals surface area contributed by atoms with Crippen molar-refractivity contribution in [2.45, 2.75) is 17.7 Å². The predicted molar refractivity (Wildman–Crippen MR) is 103 cm³/mol. The van der Waals surface area contributed by atoms with Crippen molar-refractivity contribution >= 4 is 38.8 Å². The molecule has 0 heterocycles. The van der Waals surface area contributed by atoms with Crippen LogP contribution in [0.4, 0.5) is 11.4 Å². The van der Waals surface area contributed by atoms with Crippen molar-refractivity contribution in [3.8, 4) is 11.5 Å². The van der Waals surface area contributed by atoms with Crippen molar-refractivity contribution in [1.82, 2.24) is 0 Å². The highest BCUT2D eigenvalue weighted by Crippen LogP contribution is 2.35. The number of carboxylic acid groups (broad SMARTS) is 1. The van der Waals surface area contributed by atoms with Crippen molar-refractivity contribution in [3.05, 3.63) is 51.5 Å². The summed E-state index contributed by atoms with van der Waals surface area (Å²) in [6.07, 6.45) is 1.27. The first kappa shape index (κ1) is 21.5. The Balaban J connectivity index is 2.23. The van der Waals surface area contributed by atoms with Gasteiger partial charge in [-0.25, -0.2) is 8.42 Å². The van der Waals surface area contributed by atoms with E-state index in [4.69, 9.17) is 21.4 Å². The van der Waals surface area contributed by atoms with E-state index in [1.54, 1.807) is 0 Å². The predicted octanol–water partition coefficient (Wildman–Crippen LogP) is 3.72. The van der Waals surface area contributed by atoms with Gasteiger partial charge in [0, 0.05) is 31.4 Å². The molecule has 28 heavy (non-hydrogen) atoms. The maximum atomic E-state index is 11.6. The number of sulfone groups is 1. The summed E-state index contributed by atoms with van der Waals surface area (Å²) in [5.41, 5.74) is -0.0297. The zero-order valence-corrected chi connectivity index (χ0v) is 16.3. The Morgan fingerprint density at radius 3 is 2.57 bits per heavy atom. The maximum absolute atomic E-state index is 11.6. The first-order chi connectivity index (χ1) is 13.1. The van der Waals surface area contributed by atoms with Crippen LogP contribution < -0.4 is 10.1 Å². The van der Waals surface area contributed by atoms with Crippen molar-refractivity contribution in [1.29, 1.82) is 0 Å². The Morgan fingerprint density at radius 1 is 1.29 bits per heavy atom. The van der Waals surface area contributed by atoms with E-state index in [0.717, 1.165) is 6.26 Å². The topological polar surface area (TPSA) is 136 Å². The lowest BCUT2D eigenvalue weighted by atomic mass is 10.2. The van der Waals surface area contributed by atoms with E-state index in [1.807, 2.05) is 0 Å². The summed E-state index contributed by atoms with van der Waals surface area (Å²) in [6.45, 7) is 0.223. The molecule has 0 aliphatic carbocycles. The lowest BCUT2D eigenvalue weighted by Gasteiger charge is -2.11. The molecule has 0 amide bonds. The number of anilines is 1. The van der Waals surface area contributed by atoms with E-state index in [1.165, 1.54) is 36.4 Å². The van der Waals surface area contributed by atoms with Gasteiger partial charge in [0.15, 0.2) is 9.84 Å². The standard InChI is InChI=1S/C17H17ClN2O7S/c1-28(25,26)12-5-7-16(13(18)10-12)27-11-4-6-15(20(23)24)14(9-11)19-8-2-3-17(21)22/h4-7,9-10,19H,2-3,8H2,1H3,(H,21,22). The molecule has 0 aromatic heterocycles. The van der Waals surface area contributed by atoms with Crippen LogP contribution >= 0.6 is 11.6 Å². The molecule has 0 bridgehead atoms. The summed E-state index contributed by atoms with van der Waals surface area (Å²) < 4.78 is 28.7. The number of hydrogen-bond donors (Lipinski definition) is 2. The average Bonchev–Trinajstić information content (AvgIpc) is 2.59. The highest BCUT2D eigenvalue weighted by atomic mass is 35.5. The number of benzene rings is 2. The van der Waals surface area contributed by atoms with Gasteiger partial charge in [0.05, 0.1) is 14.8 Å². The minimum absolute atomic E-state index is 0.0364. The number of rotatable bonds is 9. The maximum Gasteiger partial charge on any atom is 0.303 e. The second kappa shape index (κ2) is 8.89. The summed E-state index contributed by atoms with van der Waals surface area (Å²) in [4.78, 5) is 21.2. The Labute approximate surface area is 166 Å². The number of hydrogen-bond acceptors (Lipinski definition) is 7. The number of carboxylic acids is 1. The number of aliphatic carboxylic acids is 1. The van der Waals surface area contributed by atoms with E-state index < -0.39 is 20.7 Å². The Kier molecular flexibility index (Phi) is 6.81. The molecule has 2 aromatic carbocycles. The Bertz CT molecular complexity index is 1010. The van der Waals surface area contributed by atoms with Gasteiger partial charge < -0.3 is 15.2 Å². The third kappa shape index (κ3) is 5.83. The Hall–Kier alpha value is -2.85. The van der Waals surface area contributed by atoms with Crippen LogP contribution in [0.3, 0.4) is 0 Å². The summed E-state index contributed by atoms with van der Waals surface area (Å²) in [5.74, 6) is -0.541. The van der Waals surface area contributed by atoms with Crippen molar-refractivity contribution in [2.24, 2.45) is 0 Å². The number of halogens is 1. The molecular weight excluding hydrogens is 412 g/mol. The van der Waals surface area contributed by atoms with Gasteiger partial charge in [-0.15, -0.1) is 0 Å². The zero-order valence-electron chi connectivity index (χ0n) is 14.7. The smallest absolute Gasteiger partial charge is 0.303 e. The highest BCUT2D eigenvalue weighted by Gasteiger charge is 2.16. The second-order valence-corrected chi connectivity index (χ2v) is 8.25. The molecule has 0 spiro atoms. The fourth-order valence-corrected chi connectivity index (χ4v) is 3.20. The molecular formula is C17H17ClN2O7S. The number of nitro benzene ring substituents is 1. The molecule has 11 heteroatoms. The van der Waals surface area contributed by atoms with Crippen LogP contribution in [0.25, 0.3) is 0 Å². The molecule has 2 N–H and O–H groups in total. The molecule has 0 aliphatic rings. The molecule has 0 aliphatic heterocycles. The van der Waals surface area contributed by atoms with E-state index in [9.17, 15) is 23.3 Å². The van der Waals surface area contributed by atoms with E-state index in [0.29, 0.717) is 0 Å². The molecule has 0 fully saturated rings. The van der Waals surface area contributed by atoms with Crippen LogP contribution in [0, 0.1) is 10.1 Å². The molecule has 0 radical (unpaired) electrons. The minimum atomic E-state index is -3.42. The molecule has 2 rings (SSSR count). The fraction of sp³-hybridized carbons (Fsp3) is 0.235. The molecule has 0 unspecified atom stereocenters. The van der Waals surface area contributed by atoms with Crippen LogP contribution in [-0.4, -0.2) is 37.2 Å². The molecule has 0 saturated carbocycles. The molecule has 9 nitrogen and oxygen atoms in total. The van der Waals surface area contributed by atoms with Crippen LogP contribution in [0.1, 0.15) is 12.8 Å². The average molecular weight is 429 g/mol. The van der Waals surface area contributed by atoms with Gasteiger partial charge in [0.1, 0.15) is 17.2 Å². The summed E-state index contributed by atoms with van der Waals surface area (Å²) in [6, 6.07) is 7.99. The van der Waals surface area contributed by atoms with Crippen molar-refractivity contribution in [3.63, 3.8) is 0 Å². The molecule has 2 aromatic rings. The van der Waals surface area contributed by atoms with Gasteiger partial charge in [-0.05, 0) is 30.7 Å². The fourth-order valence-electron chi connectivity index (χ4n) is 2.26. The highest BCUT2D eigenvalue weighted by molar-refractivity contribution is 7.90. The summed E-state index contributed by atoms with van der Waals surface area (Å²) in [5, 5.41) is 22.7. The van der Waals surface area contributed by atoms with Crippen molar-refractivity contribution in [2.75, 3.05) is 18.1 Å². The first-order valence-electron chi connectivity index (χ1n) is 7.99. The number of ether oxygens (including phenoxy) is 1. The molecule has 0 atom stereocenters. The SMILES string of the molecule is CS(=O)(=O)c1ccc(Oc2ccc([N+](=O)[O-])c(NCCCC(=O)O)c2)c(Cl)c1. The number of carbonyl (C=O) groups is 1. The minimum Gasteiger partial charge on any atom is -0.481 e. The van der Waals surface area contributed by atoms with Crippen LogP contribution in [-0.2, 0) is 14.6 Å². The lowest BCUT2D eigenvalue weighted by Crippen LogP contribution is -2.06. The lowest BCUT2D eigenvalue weighted by molar-refractivity contribution is -0.384. The molecule has 0 saturated heterocycles. The van der Waals surface area contributed by atoms with Gasteiger partial charge in [0.2, 0.25) is 0 Å². The monoisotopic (exact) mass is 428 g/mol. The largest absolute Gasteiger partial charge is 0.481 e. The van der Waals surface area contributed by atoms with Gasteiger partial charge >= 0.3 is 5.97 Å². The normalized spacial score (nSPS) is 11.1. The Morgan fingerprint density at radius 2 is 2.00 bits per heavy atom. The van der Waals surface area contributed by atoms with Gasteiger partial charge in [-0.3, -0.25) is 14.9 Å². The second-order valence-electron chi connectivity index (χ2n) is 5.83. The summed E-state index contributed by atoms with van der Waals surface area (Å²) >= 11 is 6.07. The van der Waals surface area contributed by atoms with Gasteiger partial charge in [-0.1, -0.05) is 11.6 Å². The van der Waals surface area contributed by atoms with Crippen LogP contribution in [0.2, 0.25) is 5.02 Å². The van der Waals surface area contributed by atoms with Gasteiger partial charge in [0.25, 0.3) is 5.69 Å². The third-order valence-electron chi connectivity index (χ3n) is 3.61. The van der Waals surface area contributed by atoms with Gasteiger partial charge in [-0.2, -0.15) is 0 Å². The van der Waals surface area contributed by atoms with E-state index in [-0.39, 0.29) is 52.2 Å². The summed E-state index contributed by atoms with van der Waals surface area (Å²) in [7, 11) is -3.42. The first-order valence-corrected chi connectivity index (χ1v) is 10.3. The third-order valence-corrected chi connectivity index (χ3v) is 5.01. The number of nitro groups is 1. The van der Waals surface area contributed by atoms with E-state index in [2.05, 4.69) is 5.32 Å². The van der Waals surface area contributed by atoms with Crippen molar-refractivity contribution < 1.29 is 28.0 Å². The number of nitrogens with zero attached hydrogens (tertiary/aromatic N) is 1. The van der Waals surface area contributed by atoms with Crippen LogP contribution in [0.5, 0.6) is 11.5 Å².